The van der Waals surface area contributed by atoms with Gasteiger partial charge in [0.1, 0.15) is 6.04 Å². The zero-order valence-electron chi connectivity index (χ0n) is 25.6. The zero-order chi connectivity index (χ0) is 31.5. The summed E-state index contributed by atoms with van der Waals surface area (Å²) in [7, 11) is 4.67. The number of halogens is 2. The van der Waals surface area contributed by atoms with Crippen molar-refractivity contribution < 1.29 is 28.6 Å². The van der Waals surface area contributed by atoms with Gasteiger partial charge in [-0.25, -0.2) is 4.79 Å². The van der Waals surface area contributed by atoms with Crippen LogP contribution in [-0.2, 0) is 37.0 Å². The highest BCUT2D eigenvalue weighted by Gasteiger charge is 2.51. The number of carbonyl (C=O) groups excluding carboxylic acids is 3. The fraction of sp³-hybridized carbons (Fsp3) is 0.485. The molecular formula is C33H39Cl2N3O6. The Bertz CT molecular complexity index is 1430. The number of rotatable bonds is 11. The summed E-state index contributed by atoms with van der Waals surface area (Å²) in [4.78, 5) is 46.1. The lowest BCUT2D eigenvalue weighted by atomic mass is 9.81. The van der Waals surface area contributed by atoms with Crippen molar-refractivity contribution in [2.75, 3.05) is 41.0 Å². The molecule has 1 saturated heterocycles. The van der Waals surface area contributed by atoms with Crippen LogP contribution in [0.5, 0.6) is 0 Å². The van der Waals surface area contributed by atoms with Gasteiger partial charge in [-0.15, -0.1) is 0 Å². The van der Waals surface area contributed by atoms with Crippen LogP contribution in [0.2, 0.25) is 10.0 Å². The number of piperazine rings is 1. The molecule has 3 atom stereocenters. The van der Waals surface area contributed by atoms with Crippen LogP contribution in [0.3, 0.4) is 0 Å². The van der Waals surface area contributed by atoms with Crippen LogP contribution < -0.4 is 0 Å². The van der Waals surface area contributed by atoms with Crippen molar-refractivity contribution in [3.63, 3.8) is 0 Å². The van der Waals surface area contributed by atoms with Crippen molar-refractivity contribution in [3.05, 3.63) is 74.8 Å². The molecule has 3 aliphatic rings. The van der Waals surface area contributed by atoms with Gasteiger partial charge in [0, 0.05) is 51.2 Å². The quantitative estimate of drug-likeness (QED) is 0.325. The second-order valence-corrected chi connectivity index (χ2v) is 12.7. The van der Waals surface area contributed by atoms with Crippen LogP contribution >= 0.6 is 23.2 Å². The normalized spacial score (nSPS) is 20.5. The average Bonchev–Trinajstić information content (AvgIpc) is 3.85. The van der Waals surface area contributed by atoms with Gasteiger partial charge in [-0.3, -0.25) is 14.5 Å². The minimum atomic E-state index is -0.778. The maximum atomic E-state index is 14.7. The van der Waals surface area contributed by atoms with Gasteiger partial charge < -0.3 is 24.0 Å². The first kappa shape index (κ1) is 32.3. The van der Waals surface area contributed by atoms with E-state index in [-0.39, 0.29) is 43.3 Å². The predicted molar refractivity (Wildman–Crippen MR) is 168 cm³/mol. The molecule has 2 heterocycles. The molecule has 2 aromatic carbocycles. The Labute approximate surface area is 268 Å². The first-order valence-corrected chi connectivity index (χ1v) is 15.6. The summed E-state index contributed by atoms with van der Waals surface area (Å²) < 4.78 is 16.2. The van der Waals surface area contributed by atoms with Crippen molar-refractivity contribution in [1.82, 2.24) is 14.7 Å². The zero-order valence-corrected chi connectivity index (χ0v) is 27.1. The van der Waals surface area contributed by atoms with Crippen molar-refractivity contribution in [1.29, 1.82) is 0 Å². The topological polar surface area (TPSA) is 88.6 Å². The van der Waals surface area contributed by atoms with Gasteiger partial charge in [-0.1, -0.05) is 66.5 Å². The van der Waals surface area contributed by atoms with Crippen molar-refractivity contribution in [3.8, 4) is 0 Å². The van der Waals surface area contributed by atoms with E-state index in [0.717, 1.165) is 35.1 Å². The number of carbonyl (C=O) groups is 3. The molecule has 2 aromatic rings. The van der Waals surface area contributed by atoms with Gasteiger partial charge in [0.25, 0.3) is 5.91 Å². The van der Waals surface area contributed by atoms with Gasteiger partial charge in [-0.05, 0) is 41.2 Å². The Hall–Kier alpha value is -3.11. The lowest BCUT2D eigenvalue weighted by molar-refractivity contribution is -0.143. The maximum absolute atomic E-state index is 14.7. The van der Waals surface area contributed by atoms with Crippen LogP contribution in [-0.4, -0.2) is 91.8 Å². The Morgan fingerprint density at radius 1 is 1.05 bits per heavy atom. The van der Waals surface area contributed by atoms with E-state index in [0.29, 0.717) is 35.4 Å². The number of likely N-dealkylation sites (N-methyl/N-ethyl adjacent to an activating group) is 1. The van der Waals surface area contributed by atoms with Crippen LogP contribution in [0, 0.1) is 5.92 Å². The van der Waals surface area contributed by atoms with E-state index in [1.807, 2.05) is 41.3 Å². The molecular weight excluding hydrogens is 605 g/mol. The Morgan fingerprint density at radius 3 is 2.43 bits per heavy atom. The average molecular weight is 645 g/mol. The summed E-state index contributed by atoms with van der Waals surface area (Å²) in [5.41, 5.74) is 3.83. The Kier molecular flexibility index (Phi) is 10.2. The molecule has 0 N–H and O–H groups in total. The molecule has 5 rings (SSSR count). The minimum absolute atomic E-state index is 0.0403. The first-order valence-electron chi connectivity index (χ1n) is 14.9. The molecule has 3 amide bonds. The monoisotopic (exact) mass is 643 g/mol. The van der Waals surface area contributed by atoms with Crippen molar-refractivity contribution >= 4 is 46.7 Å². The number of fused-ring (bicyclic) bond motifs is 2. The third-order valence-corrected chi connectivity index (χ3v) is 9.35. The number of amides is 3. The molecule has 44 heavy (non-hydrogen) atoms. The summed E-state index contributed by atoms with van der Waals surface area (Å²) >= 11 is 12.9. The number of ether oxygens (including phenoxy) is 3. The number of hydrogen-bond donors (Lipinski definition) is 0. The van der Waals surface area contributed by atoms with E-state index >= 15 is 0 Å². The smallest absolute Gasteiger partial charge is 0.410 e. The minimum Gasteiger partial charge on any atom is -0.453 e. The highest BCUT2D eigenvalue weighted by atomic mass is 35.5. The summed E-state index contributed by atoms with van der Waals surface area (Å²) in [5.74, 6) is -0.0851. The van der Waals surface area contributed by atoms with Gasteiger partial charge in [0.2, 0.25) is 5.91 Å². The van der Waals surface area contributed by atoms with E-state index in [4.69, 9.17) is 37.4 Å². The van der Waals surface area contributed by atoms with E-state index in [1.165, 1.54) is 12.0 Å². The molecule has 2 unspecified atom stereocenters. The molecule has 2 aliphatic heterocycles. The van der Waals surface area contributed by atoms with Gasteiger partial charge >= 0.3 is 6.09 Å². The molecule has 0 spiro atoms. The molecule has 0 radical (unpaired) electrons. The standard InChI is InChI=1S/C33H39Cl2N3O6/c1-20(17-42-3)18-44-19-21-8-10-22(11-9-21)25-14-27-31(39)36(2)16-28(38(27)33(41)43-4)29(25)32(40)37(24-12-13-24)15-23-6-5-7-26(34)30(23)35/h5-11,20,24,27-28H,12-19H2,1-4H3/t20-,27?,28?/m0/s1. The van der Waals surface area contributed by atoms with Crippen LogP contribution in [0.15, 0.2) is 48.0 Å². The summed E-state index contributed by atoms with van der Waals surface area (Å²) in [6.07, 6.45) is 1.31. The van der Waals surface area contributed by atoms with E-state index in [1.54, 1.807) is 25.1 Å². The van der Waals surface area contributed by atoms with Gasteiger partial charge in [0.15, 0.2) is 0 Å². The fourth-order valence-corrected chi connectivity index (χ4v) is 6.51. The lowest BCUT2D eigenvalue weighted by Crippen LogP contribution is -2.66. The van der Waals surface area contributed by atoms with Gasteiger partial charge in [-0.2, -0.15) is 0 Å². The second kappa shape index (κ2) is 13.9. The van der Waals surface area contributed by atoms with Crippen LogP contribution in [0.1, 0.15) is 42.9 Å². The lowest BCUT2D eigenvalue weighted by Gasteiger charge is -2.49. The van der Waals surface area contributed by atoms with E-state index in [2.05, 4.69) is 6.92 Å². The number of hydrogen-bond acceptors (Lipinski definition) is 6. The highest BCUT2D eigenvalue weighted by Crippen LogP contribution is 2.42. The van der Waals surface area contributed by atoms with Gasteiger partial charge in [0.05, 0.1) is 43.0 Å². The fourth-order valence-electron chi connectivity index (χ4n) is 6.13. The first-order chi connectivity index (χ1) is 21.1. The molecule has 1 saturated carbocycles. The summed E-state index contributed by atoms with van der Waals surface area (Å²) in [6, 6.07) is 11.9. The number of nitrogens with zero attached hydrogens (tertiary/aromatic N) is 3. The molecule has 1 aliphatic carbocycles. The molecule has 2 bridgehead atoms. The molecule has 11 heteroatoms. The summed E-state index contributed by atoms with van der Waals surface area (Å²) in [6.45, 7) is 4.18. The second-order valence-electron chi connectivity index (χ2n) is 11.9. The SMILES string of the molecule is COC[C@H](C)COCc1ccc(C2=C(C(=O)N(Cc3cccc(Cl)c3Cl)C3CC3)C3CN(C)C(=O)C(C2)N3C(=O)OC)cc1. The van der Waals surface area contributed by atoms with E-state index in [9.17, 15) is 14.4 Å². The highest BCUT2D eigenvalue weighted by molar-refractivity contribution is 6.42. The number of benzene rings is 2. The Balaban J connectivity index is 1.53. The summed E-state index contributed by atoms with van der Waals surface area (Å²) in [5, 5.41) is 0.841. The maximum Gasteiger partial charge on any atom is 0.410 e. The molecule has 236 valence electrons. The predicted octanol–water partition coefficient (Wildman–Crippen LogP) is 5.42. The van der Waals surface area contributed by atoms with E-state index < -0.39 is 18.2 Å². The Morgan fingerprint density at radius 2 is 1.77 bits per heavy atom. The van der Waals surface area contributed by atoms with Crippen LogP contribution in [0.4, 0.5) is 4.79 Å². The van der Waals surface area contributed by atoms with Crippen molar-refractivity contribution in [2.45, 2.75) is 57.5 Å². The van der Waals surface area contributed by atoms with Crippen molar-refractivity contribution in [2.24, 2.45) is 5.92 Å². The third kappa shape index (κ3) is 6.76. The number of methoxy groups -OCH3 is 2. The molecule has 0 aromatic heterocycles. The largest absolute Gasteiger partial charge is 0.453 e. The molecule has 9 nitrogen and oxygen atoms in total. The third-order valence-electron chi connectivity index (χ3n) is 8.50. The molecule has 2 fully saturated rings. The van der Waals surface area contributed by atoms with Crippen LogP contribution in [0.25, 0.3) is 5.57 Å².